The molecule has 1 aromatic carbocycles. The number of phenols is 1. The van der Waals surface area contributed by atoms with Crippen molar-refractivity contribution in [1.82, 2.24) is 4.98 Å². The second-order valence-electron chi connectivity index (χ2n) is 9.84. The topological polar surface area (TPSA) is 42.4 Å². The lowest BCUT2D eigenvalue weighted by Gasteiger charge is -2.47. The largest absolute Gasteiger partial charge is 0.508 e. The van der Waals surface area contributed by atoms with Crippen LogP contribution in [0.5, 0.6) is 11.5 Å². The molecule has 2 heterocycles. The summed E-state index contributed by atoms with van der Waals surface area (Å²) >= 11 is 0. The summed E-state index contributed by atoms with van der Waals surface area (Å²) in [6.07, 6.45) is 8.17. The molecule has 0 bridgehead atoms. The molecule has 1 aliphatic heterocycles. The molecule has 0 spiro atoms. The highest BCUT2D eigenvalue weighted by molar-refractivity contribution is 5.66. The van der Waals surface area contributed by atoms with Gasteiger partial charge >= 0.3 is 0 Å². The highest BCUT2D eigenvalue weighted by atomic mass is 16.5. The molecule has 0 fully saturated rings. The molecular formula is C26H33NO2. The zero-order valence-corrected chi connectivity index (χ0v) is 18.3. The highest BCUT2D eigenvalue weighted by Crippen LogP contribution is 2.55. The Morgan fingerprint density at radius 2 is 2.03 bits per heavy atom. The van der Waals surface area contributed by atoms with Gasteiger partial charge in [0.15, 0.2) is 0 Å². The number of benzene rings is 1. The Kier molecular flexibility index (Phi) is 4.96. The van der Waals surface area contributed by atoms with Crippen LogP contribution in [0.25, 0.3) is 5.57 Å². The normalized spacial score (nSPS) is 22.9. The molecule has 3 heteroatoms. The van der Waals surface area contributed by atoms with Gasteiger partial charge in [0.05, 0.1) is 5.69 Å². The van der Waals surface area contributed by atoms with Gasteiger partial charge in [0, 0.05) is 23.6 Å². The van der Waals surface area contributed by atoms with Crippen molar-refractivity contribution in [3.63, 3.8) is 0 Å². The average molecular weight is 392 g/mol. The zero-order valence-electron chi connectivity index (χ0n) is 18.3. The Morgan fingerprint density at radius 3 is 2.72 bits per heavy atom. The molecule has 154 valence electrons. The van der Waals surface area contributed by atoms with Gasteiger partial charge in [-0.2, -0.15) is 0 Å². The van der Waals surface area contributed by atoms with E-state index < -0.39 is 0 Å². The summed E-state index contributed by atoms with van der Waals surface area (Å²) in [4.78, 5) is 4.56. The van der Waals surface area contributed by atoms with Gasteiger partial charge in [-0.25, -0.2) is 0 Å². The van der Waals surface area contributed by atoms with Crippen LogP contribution in [0.2, 0.25) is 0 Å². The first-order valence-electron chi connectivity index (χ1n) is 10.9. The maximum absolute atomic E-state index is 11.1. The van der Waals surface area contributed by atoms with Gasteiger partial charge in [0.25, 0.3) is 0 Å². The van der Waals surface area contributed by atoms with Crippen molar-refractivity contribution in [2.75, 3.05) is 0 Å². The lowest BCUT2D eigenvalue weighted by atomic mass is 9.66. The highest BCUT2D eigenvalue weighted by Gasteiger charge is 2.46. The first-order chi connectivity index (χ1) is 13.7. The number of pyridine rings is 1. The van der Waals surface area contributed by atoms with Crippen LogP contribution < -0.4 is 4.74 Å². The Hall–Kier alpha value is -2.29. The van der Waals surface area contributed by atoms with Crippen molar-refractivity contribution in [3.8, 4) is 11.5 Å². The Labute approximate surface area is 174 Å². The summed E-state index contributed by atoms with van der Waals surface area (Å²) in [5.41, 5.74) is 4.18. The summed E-state index contributed by atoms with van der Waals surface area (Å²) in [7, 11) is 0. The van der Waals surface area contributed by atoms with Gasteiger partial charge < -0.3 is 9.84 Å². The Balaban J connectivity index is 1.77. The number of hydrogen-bond acceptors (Lipinski definition) is 3. The average Bonchev–Trinajstić information content (AvgIpc) is 2.67. The zero-order chi connectivity index (χ0) is 20.8. The third kappa shape index (κ3) is 3.56. The number of phenolic OH excluding ortho intramolecular Hbond substituents is 1. The predicted molar refractivity (Wildman–Crippen MR) is 118 cm³/mol. The van der Waals surface area contributed by atoms with Crippen molar-refractivity contribution in [2.24, 2.45) is 5.92 Å². The standard InChI is InChI=1S/C26H33NO2/c1-6-12-25(2,3)18-15-22(28)24-19-14-17(21-9-7-8-13-27-21)10-11-20(19)26(4,5)29-23(24)16-18/h7-10,13,15-16,19-20,28H,6,11-12,14H2,1-5H3/t19-,20-/m1/s1. The van der Waals surface area contributed by atoms with Crippen molar-refractivity contribution < 1.29 is 9.84 Å². The van der Waals surface area contributed by atoms with E-state index in [0.717, 1.165) is 48.3 Å². The van der Waals surface area contributed by atoms with Crippen LogP contribution in [0.1, 0.15) is 83.0 Å². The number of rotatable bonds is 4. The minimum absolute atomic E-state index is 0.0111. The molecule has 0 saturated heterocycles. The van der Waals surface area contributed by atoms with Gasteiger partial charge in [-0.15, -0.1) is 0 Å². The molecule has 1 aliphatic carbocycles. The summed E-state index contributed by atoms with van der Waals surface area (Å²) in [6, 6.07) is 10.2. The summed E-state index contributed by atoms with van der Waals surface area (Å²) in [5, 5.41) is 11.1. The fourth-order valence-electron chi connectivity index (χ4n) is 5.32. The van der Waals surface area contributed by atoms with E-state index in [2.05, 4.69) is 57.8 Å². The summed E-state index contributed by atoms with van der Waals surface area (Å²) in [6.45, 7) is 11.1. The molecule has 1 aromatic heterocycles. The third-order valence-electron chi connectivity index (χ3n) is 6.95. The maximum atomic E-state index is 11.1. The molecule has 2 atom stereocenters. The number of ether oxygens (including phenoxy) is 1. The monoisotopic (exact) mass is 391 g/mol. The first-order valence-corrected chi connectivity index (χ1v) is 10.9. The quantitative estimate of drug-likeness (QED) is 0.637. The van der Waals surface area contributed by atoms with Crippen molar-refractivity contribution in [3.05, 3.63) is 59.4 Å². The first kappa shape index (κ1) is 20.0. The fourth-order valence-corrected chi connectivity index (χ4v) is 5.32. The van der Waals surface area contributed by atoms with E-state index in [-0.39, 0.29) is 16.9 Å². The number of nitrogens with zero attached hydrogens (tertiary/aromatic N) is 1. The molecule has 0 saturated carbocycles. The lowest BCUT2D eigenvalue weighted by molar-refractivity contribution is 0.00908. The molecule has 2 aromatic rings. The van der Waals surface area contributed by atoms with E-state index in [9.17, 15) is 5.11 Å². The number of hydrogen-bond donors (Lipinski definition) is 1. The predicted octanol–water partition coefficient (Wildman–Crippen LogP) is 6.61. The smallest absolute Gasteiger partial charge is 0.127 e. The SMILES string of the molecule is CCCC(C)(C)c1cc(O)c2c(c1)OC(C)(C)[C@@H]1CC=C(c3ccccn3)C[C@@H]21. The number of aromatic nitrogens is 1. The van der Waals surface area contributed by atoms with Gasteiger partial charge in [0.1, 0.15) is 17.1 Å². The maximum Gasteiger partial charge on any atom is 0.127 e. The minimum atomic E-state index is -0.274. The number of allylic oxidation sites excluding steroid dienone is 2. The van der Waals surface area contributed by atoms with Crippen molar-refractivity contribution in [1.29, 1.82) is 0 Å². The molecule has 0 amide bonds. The van der Waals surface area contributed by atoms with E-state index in [1.54, 1.807) is 0 Å². The third-order valence-corrected chi connectivity index (χ3v) is 6.95. The molecule has 3 nitrogen and oxygen atoms in total. The molecule has 29 heavy (non-hydrogen) atoms. The minimum Gasteiger partial charge on any atom is -0.508 e. The molecule has 4 rings (SSSR count). The summed E-state index contributed by atoms with van der Waals surface area (Å²) in [5.74, 6) is 1.81. The van der Waals surface area contributed by atoms with Gasteiger partial charge in [-0.3, -0.25) is 4.98 Å². The van der Waals surface area contributed by atoms with Crippen molar-refractivity contribution >= 4 is 5.57 Å². The number of fused-ring (bicyclic) bond motifs is 3. The summed E-state index contributed by atoms with van der Waals surface area (Å²) < 4.78 is 6.52. The van der Waals surface area contributed by atoms with E-state index in [1.807, 2.05) is 24.4 Å². The molecule has 0 radical (unpaired) electrons. The van der Waals surface area contributed by atoms with Crippen LogP contribution in [0, 0.1) is 5.92 Å². The number of aromatic hydroxyl groups is 1. The lowest BCUT2D eigenvalue weighted by Crippen LogP contribution is -2.45. The van der Waals surface area contributed by atoms with Gasteiger partial charge in [0.2, 0.25) is 0 Å². The van der Waals surface area contributed by atoms with Gasteiger partial charge in [-0.05, 0) is 73.9 Å². The second kappa shape index (κ2) is 7.19. The van der Waals surface area contributed by atoms with E-state index in [4.69, 9.17) is 4.74 Å². The van der Waals surface area contributed by atoms with E-state index >= 15 is 0 Å². The fraction of sp³-hybridized carbons (Fsp3) is 0.500. The van der Waals surface area contributed by atoms with Crippen LogP contribution in [-0.2, 0) is 5.41 Å². The van der Waals surface area contributed by atoms with Crippen LogP contribution in [0.15, 0.2) is 42.6 Å². The molecule has 0 unspecified atom stereocenters. The molecular weight excluding hydrogens is 358 g/mol. The van der Waals surface area contributed by atoms with Crippen LogP contribution in [-0.4, -0.2) is 15.7 Å². The van der Waals surface area contributed by atoms with Crippen LogP contribution in [0.3, 0.4) is 0 Å². The van der Waals surface area contributed by atoms with Gasteiger partial charge in [-0.1, -0.05) is 39.3 Å². The molecule has 1 N–H and O–H groups in total. The van der Waals surface area contributed by atoms with Crippen LogP contribution >= 0.6 is 0 Å². The van der Waals surface area contributed by atoms with Crippen LogP contribution in [0.4, 0.5) is 0 Å². The molecule has 2 aliphatic rings. The second-order valence-corrected chi connectivity index (χ2v) is 9.84. The van der Waals surface area contributed by atoms with Crippen molar-refractivity contribution in [2.45, 2.75) is 77.2 Å². The Morgan fingerprint density at radius 1 is 1.24 bits per heavy atom. The Bertz CT molecular complexity index is 927. The van der Waals surface area contributed by atoms with E-state index in [1.165, 1.54) is 5.57 Å². The van der Waals surface area contributed by atoms with E-state index in [0.29, 0.717) is 11.7 Å².